The Kier molecular flexibility index (Phi) is 5.94. The van der Waals surface area contributed by atoms with Crippen LogP contribution in [0.5, 0.6) is 0 Å². The average molecular weight is 435 g/mol. The minimum atomic E-state index is -0.870. The Morgan fingerprint density at radius 1 is 1.06 bits per heavy atom. The maximum Gasteiger partial charge on any atom is 0.340 e. The topological polar surface area (TPSA) is 105 Å². The highest BCUT2D eigenvalue weighted by Gasteiger charge is 2.52. The van der Waals surface area contributed by atoms with Crippen LogP contribution < -0.4 is 10.6 Å². The second kappa shape index (κ2) is 8.82. The summed E-state index contributed by atoms with van der Waals surface area (Å²) in [7, 11) is 0. The Hall–Kier alpha value is -3.68. The molecule has 0 aromatic heterocycles. The van der Waals surface area contributed by atoms with Gasteiger partial charge in [-0.1, -0.05) is 49.2 Å². The first-order chi connectivity index (χ1) is 15.4. The van der Waals surface area contributed by atoms with Crippen LogP contribution in [0, 0.1) is 0 Å². The molecule has 4 rings (SSSR count). The maximum absolute atomic E-state index is 12.8. The number of carbonyl (C=O) groups is 4. The van der Waals surface area contributed by atoms with Crippen molar-refractivity contribution in [3.8, 4) is 11.1 Å². The molecule has 1 heterocycles. The standard InChI is InChI=1S/C24H25N3O5/c1-2-32-21(29)18-14-17(16-8-4-3-5-9-16)10-11-19(18)25-20(28)15-27-22(30)24(26-23(27)31)12-6-7-13-24/h3-5,8-11,14H,2,6-7,12-13,15H2,1H3,(H,25,28)(H,26,31). The number of nitrogens with zero attached hydrogens (tertiary/aromatic N) is 1. The lowest BCUT2D eigenvalue weighted by Crippen LogP contribution is -2.44. The summed E-state index contributed by atoms with van der Waals surface area (Å²) in [6.45, 7) is 1.47. The van der Waals surface area contributed by atoms with Gasteiger partial charge >= 0.3 is 12.0 Å². The van der Waals surface area contributed by atoms with Crippen LogP contribution in [0.25, 0.3) is 11.1 Å². The van der Waals surface area contributed by atoms with Gasteiger partial charge in [-0.3, -0.25) is 14.5 Å². The van der Waals surface area contributed by atoms with Crippen LogP contribution in [0.3, 0.4) is 0 Å². The predicted octanol–water partition coefficient (Wildman–Crippen LogP) is 3.33. The van der Waals surface area contributed by atoms with Crippen LogP contribution in [-0.2, 0) is 14.3 Å². The molecule has 1 aliphatic heterocycles. The molecule has 2 aromatic carbocycles. The van der Waals surface area contributed by atoms with Gasteiger partial charge in [0.2, 0.25) is 5.91 Å². The lowest BCUT2D eigenvalue weighted by Gasteiger charge is -2.20. The summed E-state index contributed by atoms with van der Waals surface area (Å²) in [6.07, 6.45) is 2.90. The number of amides is 4. The van der Waals surface area contributed by atoms with Gasteiger partial charge in [-0.05, 0) is 43.0 Å². The van der Waals surface area contributed by atoms with E-state index >= 15 is 0 Å². The van der Waals surface area contributed by atoms with Crippen molar-refractivity contribution in [3.05, 3.63) is 54.1 Å². The van der Waals surface area contributed by atoms with Crippen LogP contribution in [0.2, 0.25) is 0 Å². The lowest BCUT2D eigenvalue weighted by atomic mass is 9.98. The zero-order chi connectivity index (χ0) is 22.7. The molecular weight excluding hydrogens is 410 g/mol. The first-order valence-electron chi connectivity index (χ1n) is 10.7. The number of hydrogen-bond donors (Lipinski definition) is 2. The molecule has 8 nitrogen and oxygen atoms in total. The van der Waals surface area contributed by atoms with Crippen molar-refractivity contribution >= 4 is 29.5 Å². The fourth-order valence-corrected chi connectivity index (χ4v) is 4.31. The van der Waals surface area contributed by atoms with Gasteiger partial charge in [-0.25, -0.2) is 9.59 Å². The summed E-state index contributed by atoms with van der Waals surface area (Å²) >= 11 is 0. The number of benzene rings is 2. The third kappa shape index (κ3) is 4.08. The smallest absolute Gasteiger partial charge is 0.340 e. The van der Waals surface area contributed by atoms with Gasteiger partial charge in [0.15, 0.2) is 0 Å². The van der Waals surface area contributed by atoms with E-state index in [-0.39, 0.29) is 23.8 Å². The Balaban J connectivity index is 1.54. The van der Waals surface area contributed by atoms with E-state index < -0.39 is 30.0 Å². The third-order valence-electron chi connectivity index (χ3n) is 5.90. The summed E-state index contributed by atoms with van der Waals surface area (Å²) in [4.78, 5) is 51.3. The summed E-state index contributed by atoms with van der Waals surface area (Å²) in [6, 6.07) is 14.0. The molecule has 1 saturated heterocycles. The number of carbonyl (C=O) groups excluding carboxylic acids is 4. The number of anilines is 1. The largest absolute Gasteiger partial charge is 0.462 e. The average Bonchev–Trinajstić information content (AvgIpc) is 3.35. The van der Waals surface area contributed by atoms with Crippen molar-refractivity contribution in [2.45, 2.75) is 38.1 Å². The van der Waals surface area contributed by atoms with E-state index in [1.54, 1.807) is 25.1 Å². The van der Waals surface area contributed by atoms with E-state index in [1.807, 2.05) is 30.3 Å². The molecular formula is C24H25N3O5. The Labute approximate surface area is 185 Å². The van der Waals surface area contributed by atoms with E-state index in [4.69, 9.17) is 4.74 Å². The van der Waals surface area contributed by atoms with Crippen molar-refractivity contribution in [2.24, 2.45) is 0 Å². The summed E-state index contributed by atoms with van der Waals surface area (Å²) in [5.41, 5.74) is 1.30. The number of rotatable bonds is 6. The predicted molar refractivity (Wildman–Crippen MR) is 118 cm³/mol. The highest BCUT2D eigenvalue weighted by atomic mass is 16.5. The van der Waals surface area contributed by atoms with Crippen LogP contribution in [0.4, 0.5) is 10.5 Å². The fraction of sp³-hybridized carbons (Fsp3) is 0.333. The minimum Gasteiger partial charge on any atom is -0.462 e. The van der Waals surface area contributed by atoms with Gasteiger partial charge in [0.1, 0.15) is 12.1 Å². The number of nitrogens with one attached hydrogen (secondary N) is 2. The van der Waals surface area contributed by atoms with Gasteiger partial charge < -0.3 is 15.4 Å². The summed E-state index contributed by atoms with van der Waals surface area (Å²) in [5.74, 6) is -1.50. The first-order valence-corrected chi connectivity index (χ1v) is 10.7. The highest BCUT2D eigenvalue weighted by Crippen LogP contribution is 2.35. The number of ether oxygens (including phenoxy) is 1. The molecule has 0 unspecified atom stereocenters. The molecule has 8 heteroatoms. The molecule has 1 aliphatic carbocycles. The second-order valence-electron chi connectivity index (χ2n) is 8.01. The zero-order valence-corrected chi connectivity index (χ0v) is 17.8. The van der Waals surface area contributed by atoms with Gasteiger partial charge in [-0.15, -0.1) is 0 Å². The second-order valence-corrected chi connectivity index (χ2v) is 8.01. The number of urea groups is 1. The van der Waals surface area contributed by atoms with Gasteiger partial charge in [0.25, 0.3) is 5.91 Å². The van der Waals surface area contributed by atoms with E-state index in [0.717, 1.165) is 28.9 Å². The molecule has 166 valence electrons. The van der Waals surface area contributed by atoms with Crippen LogP contribution in [-0.4, -0.2) is 47.4 Å². The number of imide groups is 1. The molecule has 0 bridgehead atoms. The molecule has 32 heavy (non-hydrogen) atoms. The lowest BCUT2D eigenvalue weighted by molar-refractivity contribution is -0.133. The highest BCUT2D eigenvalue weighted by molar-refractivity contribution is 6.11. The van der Waals surface area contributed by atoms with Crippen LogP contribution >= 0.6 is 0 Å². The fourth-order valence-electron chi connectivity index (χ4n) is 4.31. The minimum absolute atomic E-state index is 0.187. The van der Waals surface area contributed by atoms with E-state index in [1.165, 1.54) is 0 Å². The van der Waals surface area contributed by atoms with Crippen molar-refractivity contribution in [3.63, 3.8) is 0 Å². The van der Waals surface area contributed by atoms with Gasteiger partial charge in [0.05, 0.1) is 17.9 Å². The van der Waals surface area contributed by atoms with Crippen molar-refractivity contribution in [1.29, 1.82) is 0 Å². The third-order valence-corrected chi connectivity index (χ3v) is 5.90. The molecule has 1 saturated carbocycles. The molecule has 0 atom stereocenters. The first kappa shape index (κ1) is 21.5. The SMILES string of the molecule is CCOC(=O)c1cc(-c2ccccc2)ccc1NC(=O)CN1C(=O)NC2(CCCC2)C1=O. The molecule has 2 fully saturated rings. The quantitative estimate of drug-likeness (QED) is 0.535. The van der Waals surface area contributed by atoms with Crippen molar-refractivity contribution in [1.82, 2.24) is 10.2 Å². The summed E-state index contributed by atoms with van der Waals surface area (Å²) in [5, 5.41) is 5.42. The van der Waals surface area contributed by atoms with Gasteiger partial charge in [0, 0.05) is 0 Å². The van der Waals surface area contributed by atoms with Crippen LogP contribution in [0.15, 0.2) is 48.5 Å². The molecule has 2 aromatic rings. The molecule has 2 N–H and O–H groups in total. The Bertz CT molecular complexity index is 1060. The normalized spacial score (nSPS) is 16.8. The molecule has 0 radical (unpaired) electrons. The van der Waals surface area contributed by atoms with E-state index in [0.29, 0.717) is 12.8 Å². The molecule has 1 spiro atoms. The van der Waals surface area contributed by atoms with Crippen molar-refractivity contribution < 1.29 is 23.9 Å². The Morgan fingerprint density at radius 2 is 1.78 bits per heavy atom. The molecule has 2 aliphatic rings. The maximum atomic E-state index is 12.8. The number of esters is 1. The Morgan fingerprint density at radius 3 is 2.47 bits per heavy atom. The van der Waals surface area contributed by atoms with Gasteiger partial charge in [-0.2, -0.15) is 0 Å². The van der Waals surface area contributed by atoms with Crippen LogP contribution in [0.1, 0.15) is 43.0 Å². The molecule has 4 amide bonds. The van der Waals surface area contributed by atoms with Crippen molar-refractivity contribution in [2.75, 3.05) is 18.5 Å². The number of hydrogen-bond acceptors (Lipinski definition) is 5. The summed E-state index contributed by atoms with van der Waals surface area (Å²) < 4.78 is 5.15. The van der Waals surface area contributed by atoms with E-state index in [9.17, 15) is 19.2 Å². The van der Waals surface area contributed by atoms with E-state index in [2.05, 4.69) is 10.6 Å². The zero-order valence-electron chi connectivity index (χ0n) is 17.8. The monoisotopic (exact) mass is 435 g/mol.